The largest absolute Gasteiger partial charge is 0.356 e. The standard InChI is InChI=1S/C10H12ClN/c11-10(6-2-1-3-7-10)12-8-4-5-9-12/h1-4,6,8H,5,7,9H2. The highest BCUT2D eigenvalue weighted by molar-refractivity contribution is 6.25. The fourth-order valence-electron chi connectivity index (χ4n) is 1.60. The Bertz CT molecular complexity index is 255. The zero-order valence-corrected chi connectivity index (χ0v) is 7.67. The van der Waals surface area contributed by atoms with Crippen molar-refractivity contribution >= 4 is 11.6 Å². The van der Waals surface area contributed by atoms with Crippen molar-refractivity contribution in [2.45, 2.75) is 17.8 Å². The van der Waals surface area contributed by atoms with Crippen molar-refractivity contribution in [2.75, 3.05) is 6.54 Å². The molecule has 2 heteroatoms. The van der Waals surface area contributed by atoms with Gasteiger partial charge in [0, 0.05) is 13.0 Å². The number of nitrogens with zero attached hydrogens (tertiary/aromatic N) is 1. The van der Waals surface area contributed by atoms with Crippen LogP contribution in [-0.2, 0) is 0 Å². The summed E-state index contributed by atoms with van der Waals surface area (Å²) in [5, 5.41) is 0. The molecule has 0 spiro atoms. The molecule has 1 aliphatic carbocycles. The van der Waals surface area contributed by atoms with Gasteiger partial charge in [-0.3, -0.25) is 0 Å². The molecule has 0 N–H and O–H groups in total. The highest BCUT2D eigenvalue weighted by Crippen LogP contribution is 2.32. The van der Waals surface area contributed by atoms with Crippen LogP contribution in [0.1, 0.15) is 12.8 Å². The van der Waals surface area contributed by atoms with E-state index in [1.165, 1.54) is 0 Å². The van der Waals surface area contributed by atoms with Gasteiger partial charge in [0.15, 0.2) is 0 Å². The fraction of sp³-hybridized carbons (Fsp3) is 0.400. The number of rotatable bonds is 1. The third-order valence-electron chi connectivity index (χ3n) is 2.30. The van der Waals surface area contributed by atoms with Gasteiger partial charge in [0.1, 0.15) is 5.00 Å². The van der Waals surface area contributed by atoms with Crippen molar-refractivity contribution in [1.82, 2.24) is 4.90 Å². The van der Waals surface area contributed by atoms with Gasteiger partial charge in [0.05, 0.1) is 0 Å². The van der Waals surface area contributed by atoms with Crippen LogP contribution < -0.4 is 0 Å². The summed E-state index contributed by atoms with van der Waals surface area (Å²) in [6, 6.07) is 0. The maximum absolute atomic E-state index is 6.42. The first kappa shape index (κ1) is 7.93. The summed E-state index contributed by atoms with van der Waals surface area (Å²) in [6.07, 6.45) is 14.5. The molecular weight excluding hydrogens is 170 g/mol. The Morgan fingerprint density at radius 3 is 2.75 bits per heavy atom. The van der Waals surface area contributed by atoms with Crippen LogP contribution in [0.2, 0.25) is 0 Å². The van der Waals surface area contributed by atoms with E-state index in [-0.39, 0.29) is 5.00 Å². The molecular formula is C10H12ClN. The summed E-state index contributed by atoms with van der Waals surface area (Å²) in [6.45, 7) is 1.04. The summed E-state index contributed by atoms with van der Waals surface area (Å²) in [5.41, 5.74) is 0. The molecule has 2 rings (SSSR count). The number of hydrogen-bond acceptors (Lipinski definition) is 1. The molecule has 0 fully saturated rings. The lowest BCUT2D eigenvalue weighted by Crippen LogP contribution is -2.37. The van der Waals surface area contributed by atoms with E-state index in [2.05, 4.69) is 29.3 Å². The predicted octanol–water partition coefficient (Wildman–Crippen LogP) is 2.66. The average Bonchev–Trinajstić information content (AvgIpc) is 2.58. The molecule has 1 nitrogen and oxygen atoms in total. The molecule has 0 amide bonds. The monoisotopic (exact) mass is 181 g/mol. The number of alkyl halides is 1. The zero-order chi connectivity index (χ0) is 8.44. The molecule has 1 atom stereocenters. The minimum absolute atomic E-state index is 0.290. The number of halogens is 1. The Balaban J connectivity index is 2.15. The minimum atomic E-state index is -0.290. The van der Waals surface area contributed by atoms with E-state index in [0.29, 0.717) is 0 Å². The highest BCUT2D eigenvalue weighted by Gasteiger charge is 2.30. The van der Waals surface area contributed by atoms with Gasteiger partial charge >= 0.3 is 0 Å². The van der Waals surface area contributed by atoms with Crippen molar-refractivity contribution in [1.29, 1.82) is 0 Å². The van der Waals surface area contributed by atoms with Crippen LogP contribution in [0.5, 0.6) is 0 Å². The maximum Gasteiger partial charge on any atom is 0.137 e. The van der Waals surface area contributed by atoms with E-state index in [9.17, 15) is 0 Å². The van der Waals surface area contributed by atoms with Gasteiger partial charge in [-0.2, -0.15) is 0 Å². The van der Waals surface area contributed by atoms with Gasteiger partial charge in [0.2, 0.25) is 0 Å². The first-order chi connectivity index (χ1) is 5.81. The van der Waals surface area contributed by atoms with Crippen molar-refractivity contribution in [2.24, 2.45) is 0 Å². The molecule has 0 radical (unpaired) electrons. The van der Waals surface area contributed by atoms with E-state index in [0.717, 1.165) is 19.4 Å². The topological polar surface area (TPSA) is 3.24 Å². The van der Waals surface area contributed by atoms with E-state index in [4.69, 9.17) is 11.6 Å². The molecule has 0 aromatic heterocycles. The third kappa shape index (κ3) is 1.29. The van der Waals surface area contributed by atoms with Crippen molar-refractivity contribution in [3.63, 3.8) is 0 Å². The summed E-state index contributed by atoms with van der Waals surface area (Å²) in [5.74, 6) is 0. The van der Waals surface area contributed by atoms with Crippen LogP contribution in [0.15, 0.2) is 36.6 Å². The van der Waals surface area contributed by atoms with E-state index in [1.54, 1.807) is 0 Å². The second-order valence-corrected chi connectivity index (χ2v) is 3.83. The minimum Gasteiger partial charge on any atom is -0.356 e. The SMILES string of the molecule is ClC1(N2C=CCC2)C=CC=CC1. The van der Waals surface area contributed by atoms with Gasteiger partial charge in [-0.15, -0.1) is 0 Å². The fourth-order valence-corrected chi connectivity index (χ4v) is 1.90. The van der Waals surface area contributed by atoms with Crippen LogP contribution in [0.25, 0.3) is 0 Å². The molecule has 1 heterocycles. The molecule has 0 bridgehead atoms. The Kier molecular flexibility index (Phi) is 1.97. The Morgan fingerprint density at radius 2 is 2.17 bits per heavy atom. The molecule has 1 aliphatic heterocycles. The second kappa shape index (κ2) is 2.98. The van der Waals surface area contributed by atoms with Crippen molar-refractivity contribution < 1.29 is 0 Å². The molecule has 12 heavy (non-hydrogen) atoms. The molecule has 0 aromatic carbocycles. The molecule has 1 unspecified atom stereocenters. The lowest BCUT2D eigenvalue weighted by molar-refractivity contribution is 0.303. The van der Waals surface area contributed by atoms with E-state index < -0.39 is 0 Å². The van der Waals surface area contributed by atoms with Crippen LogP contribution in [0.4, 0.5) is 0 Å². The van der Waals surface area contributed by atoms with Crippen LogP contribution in [0, 0.1) is 0 Å². The lowest BCUT2D eigenvalue weighted by atomic mass is 10.1. The summed E-state index contributed by atoms with van der Waals surface area (Å²) < 4.78 is 0. The molecule has 0 saturated carbocycles. The Morgan fingerprint density at radius 1 is 1.25 bits per heavy atom. The van der Waals surface area contributed by atoms with Crippen molar-refractivity contribution in [3.05, 3.63) is 36.6 Å². The summed E-state index contributed by atoms with van der Waals surface area (Å²) in [7, 11) is 0. The first-order valence-corrected chi connectivity index (χ1v) is 4.66. The smallest absolute Gasteiger partial charge is 0.137 e. The molecule has 64 valence electrons. The maximum atomic E-state index is 6.42. The number of allylic oxidation sites excluding steroid dienone is 2. The summed E-state index contributed by atoms with van der Waals surface area (Å²) in [4.78, 5) is 1.90. The summed E-state index contributed by atoms with van der Waals surface area (Å²) >= 11 is 6.42. The highest BCUT2D eigenvalue weighted by atomic mass is 35.5. The van der Waals surface area contributed by atoms with E-state index in [1.807, 2.05) is 12.2 Å². The quantitative estimate of drug-likeness (QED) is 0.444. The Labute approximate surface area is 78.0 Å². The number of hydrogen-bond donors (Lipinski definition) is 0. The first-order valence-electron chi connectivity index (χ1n) is 4.28. The normalized spacial score (nSPS) is 33.2. The molecule has 0 saturated heterocycles. The van der Waals surface area contributed by atoms with Gasteiger partial charge in [-0.25, -0.2) is 0 Å². The molecule has 0 aromatic rings. The van der Waals surface area contributed by atoms with Crippen LogP contribution in [-0.4, -0.2) is 16.4 Å². The lowest BCUT2D eigenvalue weighted by Gasteiger charge is -2.34. The second-order valence-electron chi connectivity index (χ2n) is 3.18. The van der Waals surface area contributed by atoms with Crippen LogP contribution in [0.3, 0.4) is 0 Å². The Hall–Kier alpha value is -0.690. The average molecular weight is 182 g/mol. The van der Waals surface area contributed by atoms with Gasteiger partial charge in [0.25, 0.3) is 0 Å². The van der Waals surface area contributed by atoms with E-state index >= 15 is 0 Å². The molecule has 2 aliphatic rings. The predicted molar refractivity (Wildman–Crippen MR) is 51.9 cm³/mol. The van der Waals surface area contributed by atoms with Crippen LogP contribution >= 0.6 is 11.6 Å². The van der Waals surface area contributed by atoms with Gasteiger partial charge in [-0.05, 0) is 18.7 Å². The van der Waals surface area contributed by atoms with Crippen molar-refractivity contribution in [3.8, 4) is 0 Å². The zero-order valence-electron chi connectivity index (χ0n) is 6.91. The van der Waals surface area contributed by atoms with Gasteiger partial charge < -0.3 is 4.90 Å². The third-order valence-corrected chi connectivity index (χ3v) is 2.80. The van der Waals surface area contributed by atoms with Gasteiger partial charge in [-0.1, -0.05) is 35.9 Å².